The van der Waals surface area contributed by atoms with Crippen molar-refractivity contribution in [1.29, 1.82) is 0 Å². The van der Waals surface area contributed by atoms with E-state index in [0.717, 1.165) is 49.0 Å². The molecule has 1 saturated heterocycles. The lowest BCUT2D eigenvalue weighted by Gasteiger charge is -2.32. The first kappa shape index (κ1) is 23.9. The number of anilines is 2. The summed E-state index contributed by atoms with van der Waals surface area (Å²) in [5.74, 6) is 3.07. The molecule has 35 heavy (non-hydrogen) atoms. The van der Waals surface area contributed by atoms with Crippen LogP contribution in [0.5, 0.6) is 0 Å². The zero-order valence-corrected chi connectivity index (χ0v) is 21.5. The fraction of sp³-hybridized carbons (Fsp3) is 0.500. The molecule has 0 bridgehead atoms. The Hall–Kier alpha value is -2.78. The van der Waals surface area contributed by atoms with Crippen molar-refractivity contribution in [2.75, 3.05) is 50.0 Å². The van der Waals surface area contributed by atoms with E-state index in [0.29, 0.717) is 29.4 Å². The molecular formula is C26H33N7OS. The SMILES string of the molecule is CC(C)C(=O)Cc1ccc(Sc2nc(NC3=NCC(C4CC4)=C3)nc(N3CCN(C)CC3)n2)cc1. The van der Waals surface area contributed by atoms with E-state index in [9.17, 15) is 4.79 Å². The lowest BCUT2D eigenvalue weighted by molar-refractivity contribution is -0.121. The highest BCUT2D eigenvalue weighted by molar-refractivity contribution is 7.99. The largest absolute Gasteiger partial charge is 0.338 e. The molecule has 2 aliphatic heterocycles. The molecular weight excluding hydrogens is 458 g/mol. The van der Waals surface area contributed by atoms with Gasteiger partial charge < -0.3 is 15.1 Å². The predicted octanol–water partition coefficient (Wildman–Crippen LogP) is 3.70. The van der Waals surface area contributed by atoms with Gasteiger partial charge in [-0.25, -0.2) is 0 Å². The number of rotatable bonds is 8. The first-order chi connectivity index (χ1) is 16.9. The van der Waals surface area contributed by atoms with Crippen LogP contribution >= 0.6 is 11.8 Å². The first-order valence-corrected chi connectivity index (χ1v) is 13.3. The Morgan fingerprint density at radius 3 is 2.51 bits per heavy atom. The number of nitrogens with zero attached hydrogens (tertiary/aromatic N) is 6. The zero-order valence-electron chi connectivity index (χ0n) is 20.7. The van der Waals surface area contributed by atoms with Gasteiger partial charge >= 0.3 is 0 Å². The minimum atomic E-state index is 0.0489. The molecule has 2 fully saturated rings. The van der Waals surface area contributed by atoms with Crippen LogP contribution in [0, 0.1) is 11.8 Å². The lowest BCUT2D eigenvalue weighted by atomic mass is 10.0. The average Bonchev–Trinajstić information content (AvgIpc) is 3.59. The number of likely N-dealkylation sites (N-methyl/N-ethyl adjacent to an activating group) is 1. The highest BCUT2D eigenvalue weighted by Crippen LogP contribution is 2.38. The van der Waals surface area contributed by atoms with Crippen LogP contribution in [0.2, 0.25) is 0 Å². The van der Waals surface area contributed by atoms with Crippen LogP contribution in [0.4, 0.5) is 11.9 Å². The van der Waals surface area contributed by atoms with Crippen LogP contribution in [0.25, 0.3) is 0 Å². The quantitative estimate of drug-likeness (QED) is 0.598. The van der Waals surface area contributed by atoms with E-state index in [1.807, 2.05) is 38.1 Å². The Morgan fingerprint density at radius 1 is 1.09 bits per heavy atom. The van der Waals surface area contributed by atoms with Crippen LogP contribution in [-0.4, -0.2) is 71.2 Å². The number of hydrogen-bond donors (Lipinski definition) is 1. The Morgan fingerprint density at radius 2 is 1.83 bits per heavy atom. The van der Waals surface area contributed by atoms with Gasteiger partial charge in [-0.1, -0.05) is 26.0 Å². The predicted molar refractivity (Wildman–Crippen MR) is 140 cm³/mol. The summed E-state index contributed by atoms with van der Waals surface area (Å²) < 4.78 is 0. The number of hydrogen-bond acceptors (Lipinski definition) is 9. The molecule has 5 rings (SSSR count). The van der Waals surface area contributed by atoms with Gasteiger partial charge in [0.2, 0.25) is 11.9 Å². The number of benzene rings is 1. The Kier molecular flexibility index (Phi) is 7.15. The smallest absolute Gasteiger partial charge is 0.234 e. The van der Waals surface area contributed by atoms with Gasteiger partial charge in [0.15, 0.2) is 5.16 Å². The summed E-state index contributed by atoms with van der Waals surface area (Å²) in [5.41, 5.74) is 2.44. The number of amidine groups is 1. The summed E-state index contributed by atoms with van der Waals surface area (Å²) in [6, 6.07) is 8.10. The van der Waals surface area contributed by atoms with Gasteiger partial charge in [0.05, 0.1) is 6.54 Å². The number of Topliss-reactive ketones (excluding diaryl/α,β-unsaturated/α-hetero) is 1. The maximum atomic E-state index is 12.1. The van der Waals surface area contributed by atoms with Gasteiger partial charge in [-0.05, 0) is 66.9 Å². The molecule has 2 aromatic rings. The van der Waals surface area contributed by atoms with Crippen LogP contribution in [0.3, 0.4) is 0 Å². The summed E-state index contributed by atoms with van der Waals surface area (Å²) >= 11 is 1.51. The van der Waals surface area contributed by atoms with Gasteiger partial charge in [-0.15, -0.1) is 0 Å². The summed E-state index contributed by atoms with van der Waals surface area (Å²) in [7, 11) is 2.14. The summed E-state index contributed by atoms with van der Waals surface area (Å²) in [5, 5.41) is 3.98. The van der Waals surface area contributed by atoms with E-state index < -0.39 is 0 Å². The Balaban J connectivity index is 1.34. The molecule has 1 aromatic carbocycles. The molecule has 0 radical (unpaired) electrons. The molecule has 1 aliphatic carbocycles. The summed E-state index contributed by atoms with van der Waals surface area (Å²) in [6.45, 7) is 8.38. The third kappa shape index (κ3) is 6.27. The van der Waals surface area contributed by atoms with E-state index >= 15 is 0 Å². The third-order valence-corrected chi connectivity index (χ3v) is 7.51. The molecule has 1 aromatic heterocycles. The molecule has 9 heteroatoms. The Labute approximate surface area is 211 Å². The number of nitrogens with one attached hydrogen (secondary N) is 1. The lowest BCUT2D eigenvalue weighted by Crippen LogP contribution is -2.45. The third-order valence-electron chi connectivity index (χ3n) is 6.64. The van der Waals surface area contributed by atoms with Crippen molar-refractivity contribution in [2.45, 2.75) is 43.2 Å². The monoisotopic (exact) mass is 491 g/mol. The van der Waals surface area contributed by atoms with E-state index in [-0.39, 0.29) is 11.7 Å². The maximum Gasteiger partial charge on any atom is 0.234 e. The number of aliphatic imine (C=N–C) groups is 1. The van der Waals surface area contributed by atoms with Gasteiger partial charge in [0.1, 0.15) is 11.6 Å². The van der Waals surface area contributed by atoms with Crippen molar-refractivity contribution in [3.63, 3.8) is 0 Å². The van der Waals surface area contributed by atoms with Gasteiger partial charge in [-0.2, -0.15) is 15.0 Å². The molecule has 3 aliphatic rings. The zero-order chi connectivity index (χ0) is 24.4. The average molecular weight is 492 g/mol. The van der Waals surface area contributed by atoms with Crippen molar-refractivity contribution < 1.29 is 4.79 Å². The van der Waals surface area contributed by atoms with Crippen molar-refractivity contribution in [1.82, 2.24) is 19.9 Å². The molecule has 0 unspecified atom stereocenters. The van der Waals surface area contributed by atoms with Crippen LogP contribution in [0.15, 0.2) is 51.0 Å². The van der Waals surface area contributed by atoms with Crippen molar-refractivity contribution in [3.8, 4) is 0 Å². The van der Waals surface area contributed by atoms with E-state index in [1.165, 1.54) is 30.2 Å². The van der Waals surface area contributed by atoms with Crippen molar-refractivity contribution in [3.05, 3.63) is 41.5 Å². The number of piperazine rings is 1. The summed E-state index contributed by atoms with van der Waals surface area (Å²) in [6.07, 6.45) is 5.17. The minimum Gasteiger partial charge on any atom is -0.338 e. The number of aromatic nitrogens is 3. The van der Waals surface area contributed by atoms with Crippen LogP contribution < -0.4 is 10.2 Å². The molecule has 184 valence electrons. The fourth-order valence-corrected chi connectivity index (χ4v) is 4.86. The number of ketones is 1. The highest BCUT2D eigenvalue weighted by atomic mass is 32.2. The van der Waals surface area contributed by atoms with Crippen molar-refractivity contribution in [2.24, 2.45) is 16.8 Å². The van der Waals surface area contributed by atoms with Gasteiger partial charge in [0.25, 0.3) is 0 Å². The molecule has 0 spiro atoms. The van der Waals surface area contributed by atoms with E-state index in [4.69, 9.17) is 15.0 Å². The highest BCUT2D eigenvalue weighted by Gasteiger charge is 2.28. The van der Waals surface area contributed by atoms with E-state index in [2.05, 4.69) is 33.2 Å². The second-order valence-electron chi connectivity index (χ2n) is 9.90. The second kappa shape index (κ2) is 10.5. The molecule has 3 heterocycles. The number of carbonyl (C=O) groups is 1. The molecule has 1 saturated carbocycles. The molecule has 0 amide bonds. The topological polar surface area (TPSA) is 86.6 Å². The second-order valence-corrected chi connectivity index (χ2v) is 10.9. The summed E-state index contributed by atoms with van der Waals surface area (Å²) in [4.78, 5) is 36.5. The number of carbonyl (C=O) groups excluding carboxylic acids is 1. The maximum absolute atomic E-state index is 12.1. The van der Waals surface area contributed by atoms with Gasteiger partial charge in [-0.3, -0.25) is 9.79 Å². The standard InChI is InChI=1S/C26H33N7OS/c1-17(2)22(34)14-18-4-8-21(9-5-18)35-26-30-24(28-23-15-20(16-27-23)19-6-7-19)29-25(31-26)33-12-10-32(3)11-13-33/h4-5,8-9,15,17,19H,6-7,10-14,16H2,1-3H3,(H,27,28,29,30,31). The van der Waals surface area contributed by atoms with Crippen LogP contribution in [0.1, 0.15) is 32.3 Å². The van der Waals surface area contributed by atoms with Crippen LogP contribution in [-0.2, 0) is 11.2 Å². The van der Waals surface area contributed by atoms with Crippen molar-refractivity contribution >= 4 is 35.3 Å². The normalized spacial score (nSPS) is 18.6. The molecule has 0 atom stereocenters. The Bertz CT molecular complexity index is 1130. The minimum absolute atomic E-state index is 0.0489. The van der Waals surface area contributed by atoms with E-state index in [1.54, 1.807) is 0 Å². The fourth-order valence-electron chi connectivity index (χ4n) is 4.12. The first-order valence-electron chi connectivity index (χ1n) is 12.4. The molecule has 1 N–H and O–H groups in total. The molecule has 8 nitrogen and oxygen atoms in total. The van der Waals surface area contributed by atoms with Gasteiger partial charge in [0, 0.05) is 43.4 Å².